The SMILES string of the molecule is CC1CCCN(C(C)(C)CNC(=O)c2ccc(S(=O)(=O)N3CCCCC3)o2)C1. The van der Waals surface area contributed by atoms with E-state index in [1.54, 1.807) is 0 Å². The van der Waals surface area contributed by atoms with Gasteiger partial charge < -0.3 is 9.73 Å². The minimum Gasteiger partial charge on any atom is -0.438 e. The Morgan fingerprint density at radius 1 is 1.18 bits per heavy atom. The number of likely N-dealkylation sites (tertiary alicyclic amines) is 1. The molecular formula is C20H33N3O4S. The molecule has 3 rings (SSSR count). The predicted molar refractivity (Wildman–Crippen MR) is 108 cm³/mol. The predicted octanol–water partition coefficient (Wildman–Crippen LogP) is 2.69. The maximum Gasteiger partial charge on any atom is 0.287 e. The number of sulfonamides is 1. The van der Waals surface area contributed by atoms with Gasteiger partial charge in [0.2, 0.25) is 5.09 Å². The van der Waals surface area contributed by atoms with Crippen LogP contribution in [0, 0.1) is 5.92 Å². The molecule has 0 spiro atoms. The molecule has 2 aliphatic rings. The number of hydrogen-bond acceptors (Lipinski definition) is 5. The van der Waals surface area contributed by atoms with Crippen LogP contribution in [0.3, 0.4) is 0 Å². The summed E-state index contributed by atoms with van der Waals surface area (Å²) in [5.74, 6) is 0.327. The maximum atomic E-state index is 12.7. The highest BCUT2D eigenvalue weighted by atomic mass is 32.2. The lowest BCUT2D eigenvalue weighted by molar-refractivity contribution is 0.0647. The van der Waals surface area contributed by atoms with Crippen molar-refractivity contribution < 1.29 is 17.6 Å². The second-order valence-electron chi connectivity index (χ2n) is 8.77. The third-order valence-electron chi connectivity index (χ3n) is 5.91. The van der Waals surface area contributed by atoms with E-state index >= 15 is 0 Å². The lowest BCUT2D eigenvalue weighted by Crippen LogP contribution is -2.54. The van der Waals surface area contributed by atoms with Crippen molar-refractivity contribution in [2.75, 3.05) is 32.7 Å². The summed E-state index contributed by atoms with van der Waals surface area (Å²) in [5, 5.41) is 2.76. The van der Waals surface area contributed by atoms with Gasteiger partial charge in [-0.3, -0.25) is 9.69 Å². The number of piperidine rings is 2. The number of carbonyl (C=O) groups excluding carboxylic acids is 1. The third-order valence-corrected chi connectivity index (χ3v) is 7.68. The van der Waals surface area contributed by atoms with Crippen molar-refractivity contribution in [2.24, 2.45) is 5.92 Å². The van der Waals surface area contributed by atoms with Gasteiger partial charge in [-0.15, -0.1) is 0 Å². The maximum absolute atomic E-state index is 12.7. The van der Waals surface area contributed by atoms with Crippen molar-refractivity contribution in [3.05, 3.63) is 17.9 Å². The van der Waals surface area contributed by atoms with E-state index in [2.05, 4.69) is 31.0 Å². The summed E-state index contributed by atoms with van der Waals surface area (Å²) in [5.41, 5.74) is -0.167. The summed E-state index contributed by atoms with van der Waals surface area (Å²) in [4.78, 5) is 14.9. The Morgan fingerprint density at radius 2 is 1.89 bits per heavy atom. The van der Waals surface area contributed by atoms with Gasteiger partial charge in [0.25, 0.3) is 15.9 Å². The molecule has 3 heterocycles. The Bertz CT molecular complexity index is 781. The summed E-state index contributed by atoms with van der Waals surface area (Å²) >= 11 is 0. The first kappa shape index (κ1) is 21.3. The van der Waals surface area contributed by atoms with Gasteiger partial charge in [-0.2, -0.15) is 4.31 Å². The quantitative estimate of drug-likeness (QED) is 0.778. The van der Waals surface area contributed by atoms with Gasteiger partial charge in [0.15, 0.2) is 5.76 Å². The Hall–Kier alpha value is -1.38. The lowest BCUT2D eigenvalue weighted by Gasteiger charge is -2.43. The van der Waals surface area contributed by atoms with E-state index < -0.39 is 10.0 Å². The van der Waals surface area contributed by atoms with Crippen LogP contribution >= 0.6 is 0 Å². The van der Waals surface area contributed by atoms with E-state index in [4.69, 9.17) is 4.42 Å². The molecule has 0 bridgehead atoms. The van der Waals surface area contributed by atoms with Crippen LogP contribution in [-0.4, -0.2) is 61.8 Å². The summed E-state index contributed by atoms with van der Waals surface area (Å²) in [6, 6.07) is 2.83. The first-order valence-corrected chi connectivity index (χ1v) is 11.8. The molecule has 158 valence electrons. The van der Waals surface area contributed by atoms with E-state index in [0.29, 0.717) is 25.6 Å². The van der Waals surface area contributed by atoms with Crippen LogP contribution in [-0.2, 0) is 10.0 Å². The molecular weight excluding hydrogens is 378 g/mol. The molecule has 1 atom stereocenters. The molecule has 7 nitrogen and oxygen atoms in total. The van der Waals surface area contributed by atoms with Crippen LogP contribution in [0.5, 0.6) is 0 Å². The third kappa shape index (κ3) is 4.78. The van der Waals surface area contributed by atoms with E-state index in [9.17, 15) is 13.2 Å². The molecule has 2 saturated heterocycles. The van der Waals surface area contributed by atoms with Gasteiger partial charge in [0.05, 0.1) is 0 Å². The van der Waals surface area contributed by atoms with E-state index in [-0.39, 0.29) is 22.3 Å². The zero-order valence-electron chi connectivity index (χ0n) is 17.2. The molecule has 1 aromatic heterocycles. The fraction of sp³-hybridized carbons (Fsp3) is 0.750. The molecule has 1 unspecified atom stereocenters. The highest BCUT2D eigenvalue weighted by Gasteiger charge is 2.32. The average Bonchev–Trinajstić information content (AvgIpc) is 3.18. The highest BCUT2D eigenvalue weighted by molar-refractivity contribution is 7.89. The molecule has 0 saturated carbocycles. The van der Waals surface area contributed by atoms with E-state index in [0.717, 1.165) is 32.4 Å². The minimum atomic E-state index is -3.66. The summed E-state index contributed by atoms with van der Waals surface area (Å²) in [6.45, 7) is 10.1. The lowest BCUT2D eigenvalue weighted by atomic mass is 9.93. The number of carbonyl (C=O) groups is 1. The summed E-state index contributed by atoms with van der Waals surface area (Å²) < 4.78 is 32.2. The summed E-state index contributed by atoms with van der Waals surface area (Å²) in [6.07, 6.45) is 5.19. The first-order valence-electron chi connectivity index (χ1n) is 10.3. The zero-order chi connectivity index (χ0) is 20.4. The second-order valence-corrected chi connectivity index (χ2v) is 10.6. The first-order chi connectivity index (χ1) is 13.2. The van der Waals surface area contributed by atoms with Crippen molar-refractivity contribution in [3.8, 4) is 0 Å². The number of hydrogen-bond donors (Lipinski definition) is 1. The van der Waals surface area contributed by atoms with Gasteiger partial charge in [-0.25, -0.2) is 8.42 Å². The Labute approximate surface area is 168 Å². The molecule has 2 aliphatic heterocycles. The number of nitrogens with zero attached hydrogens (tertiary/aromatic N) is 2. The van der Waals surface area contributed by atoms with Crippen LogP contribution in [0.15, 0.2) is 21.6 Å². The molecule has 1 aromatic rings. The van der Waals surface area contributed by atoms with Crippen LogP contribution in [0.4, 0.5) is 0 Å². The topological polar surface area (TPSA) is 82.9 Å². The molecule has 1 amide bonds. The van der Waals surface area contributed by atoms with Gasteiger partial charge in [-0.1, -0.05) is 13.3 Å². The van der Waals surface area contributed by atoms with Crippen molar-refractivity contribution in [1.29, 1.82) is 0 Å². The van der Waals surface area contributed by atoms with Crippen molar-refractivity contribution in [2.45, 2.75) is 63.5 Å². The van der Waals surface area contributed by atoms with Gasteiger partial charge in [-0.05, 0) is 64.1 Å². The molecule has 0 radical (unpaired) electrons. The average molecular weight is 412 g/mol. The smallest absolute Gasteiger partial charge is 0.287 e. The molecule has 1 N–H and O–H groups in total. The van der Waals surface area contributed by atoms with Crippen LogP contribution in [0.1, 0.15) is 63.4 Å². The molecule has 0 aromatic carbocycles. The number of amides is 1. The van der Waals surface area contributed by atoms with Crippen LogP contribution in [0.25, 0.3) is 0 Å². The molecule has 28 heavy (non-hydrogen) atoms. The summed E-state index contributed by atoms with van der Waals surface area (Å²) in [7, 11) is -3.66. The monoisotopic (exact) mass is 411 g/mol. The standard InChI is InChI=1S/C20H33N3O4S/c1-16-8-7-11-22(14-16)20(2,3)15-21-19(24)17-9-10-18(27-17)28(25,26)23-12-5-4-6-13-23/h9-10,16H,4-8,11-15H2,1-3H3,(H,21,24). The molecule has 8 heteroatoms. The fourth-order valence-electron chi connectivity index (χ4n) is 4.05. The van der Waals surface area contributed by atoms with Crippen LogP contribution < -0.4 is 5.32 Å². The highest BCUT2D eigenvalue weighted by Crippen LogP contribution is 2.24. The Balaban J connectivity index is 1.61. The molecule has 0 aliphatic carbocycles. The Kier molecular flexibility index (Phi) is 6.51. The number of furan rings is 1. The fourth-order valence-corrected chi connectivity index (χ4v) is 5.48. The van der Waals surface area contributed by atoms with Crippen molar-refractivity contribution >= 4 is 15.9 Å². The molecule has 2 fully saturated rings. The largest absolute Gasteiger partial charge is 0.438 e. The van der Waals surface area contributed by atoms with Gasteiger partial charge in [0.1, 0.15) is 0 Å². The normalized spacial score (nSPS) is 22.9. The van der Waals surface area contributed by atoms with Crippen LogP contribution in [0.2, 0.25) is 0 Å². The van der Waals surface area contributed by atoms with Gasteiger partial charge in [0, 0.05) is 31.7 Å². The number of nitrogens with one attached hydrogen (secondary N) is 1. The minimum absolute atomic E-state index is 0.0402. The second kappa shape index (κ2) is 8.55. The number of rotatable bonds is 6. The van der Waals surface area contributed by atoms with Crippen molar-refractivity contribution in [1.82, 2.24) is 14.5 Å². The van der Waals surface area contributed by atoms with E-state index in [1.165, 1.54) is 29.3 Å². The van der Waals surface area contributed by atoms with E-state index in [1.807, 2.05) is 0 Å². The Morgan fingerprint density at radius 3 is 2.57 bits per heavy atom. The van der Waals surface area contributed by atoms with Crippen molar-refractivity contribution in [3.63, 3.8) is 0 Å². The zero-order valence-corrected chi connectivity index (χ0v) is 18.1. The van der Waals surface area contributed by atoms with Gasteiger partial charge >= 0.3 is 0 Å².